The number of benzene rings is 3. The van der Waals surface area contributed by atoms with Gasteiger partial charge in [0.1, 0.15) is 15.9 Å². The molecule has 0 bridgehead atoms. The van der Waals surface area contributed by atoms with Gasteiger partial charge in [0.15, 0.2) is 11.3 Å². The third kappa shape index (κ3) is 7.74. The third-order valence-electron chi connectivity index (χ3n) is 6.73. The SMILES string of the molecule is CCO[Si](CCC(O)COc1c(I)cc2c(-c3ccccc3C(=O)O)c3cc(I)c(=O)c(I)c-3oc2c1I)(OCC)OCC. The predicted octanol–water partition coefficient (Wildman–Crippen LogP) is 7.86. The van der Waals surface area contributed by atoms with Gasteiger partial charge in [0.25, 0.3) is 0 Å². The van der Waals surface area contributed by atoms with Crippen LogP contribution in [-0.2, 0) is 13.3 Å². The van der Waals surface area contributed by atoms with E-state index in [1.165, 1.54) is 0 Å². The maximum absolute atomic E-state index is 12.9. The summed E-state index contributed by atoms with van der Waals surface area (Å²) in [5, 5.41) is 21.6. The number of ether oxygens (including phenoxy) is 1. The van der Waals surface area contributed by atoms with Crippen molar-refractivity contribution < 1.29 is 37.4 Å². The van der Waals surface area contributed by atoms with E-state index in [0.29, 0.717) is 82.2 Å². The van der Waals surface area contributed by atoms with E-state index in [9.17, 15) is 19.8 Å². The molecule has 1 atom stereocenters. The number of rotatable bonds is 14. The molecule has 14 heteroatoms. The maximum Gasteiger partial charge on any atom is 0.501 e. The van der Waals surface area contributed by atoms with E-state index in [4.69, 9.17) is 22.4 Å². The van der Waals surface area contributed by atoms with Crippen molar-refractivity contribution in [1.82, 2.24) is 0 Å². The molecule has 236 valence electrons. The van der Waals surface area contributed by atoms with Crippen LogP contribution in [0, 0.1) is 14.3 Å². The molecule has 2 aromatic rings. The number of carboxylic acids is 1. The highest BCUT2D eigenvalue weighted by Gasteiger charge is 2.40. The van der Waals surface area contributed by atoms with Gasteiger partial charge in [0.05, 0.1) is 22.4 Å². The lowest BCUT2D eigenvalue weighted by molar-refractivity contribution is 0.0588. The zero-order valence-electron chi connectivity index (χ0n) is 24.0. The number of carboxylic acid groups (broad SMARTS) is 1. The molecular weight excluding hydrogens is 1040 g/mol. The van der Waals surface area contributed by atoms with Crippen LogP contribution in [0.15, 0.2) is 45.6 Å². The van der Waals surface area contributed by atoms with Crippen molar-refractivity contribution in [3.8, 4) is 28.2 Å². The van der Waals surface area contributed by atoms with Gasteiger partial charge >= 0.3 is 14.8 Å². The molecule has 1 aliphatic carbocycles. The normalized spacial score (nSPS) is 12.6. The number of fused-ring (bicyclic) bond motifs is 2. The molecule has 2 aliphatic rings. The number of aliphatic hydroxyl groups excluding tert-OH is 1. The molecule has 44 heavy (non-hydrogen) atoms. The summed E-state index contributed by atoms with van der Waals surface area (Å²) in [6, 6.07) is 10.9. The van der Waals surface area contributed by atoms with Crippen LogP contribution in [-0.4, -0.2) is 57.5 Å². The molecule has 0 spiro atoms. The highest BCUT2D eigenvalue weighted by atomic mass is 127. The summed E-state index contributed by atoms with van der Waals surface area (Å²) in [4.78, 5) is 25.2. The number of aliphatic hydroxyl groups is 1. The van der Waals surface area contributed by atoms with Gasteiger partial charge in [-0.15, -0.1) is 0 Å². The molecule has 1 aliphatic heterocycles. The molecule has 1 heterocycles. The summed E-state index contributed by atoms with van der Waals surface area (Å²) >= 11 is 8.29. The van der Waals surface area contributed by atoms with Crippen LogP contribution in [0.5, 0.6) is 5.75 Å². The Kier molecular flexibility index (Phi) is 13.2. The molecule has 0 saturated carbocycles. The first-order chi connectivity index (χ1) is 21.0. The first kappa shape index (κ1) is 36.2. The molecule has 0 saturated heterocycles. The van der Waals surface area contributed by atoms with Crippen LogP contribution in [0.25, 0.3) is 33.4 Å². The Morgan fingerprint density at radius 2 is 1.57 bits per heavy atom. The van der Waals surface area contributed by atoms with Crippen LogP contribution in [0.1, 0.15) is 37.6 Å². The van der Waals surface area contributed by atoms with Crippen molar-refractivity contribution in [3.63, 3.8) is 0 Å². The number of halogens is 4. The van der Waals surface area contributed by atoms with Crippen molar-refractivity contribution in [2.75, 3.05) is 26.4 Å². The summed E-state index contributed by atoms with van der Waals surface area (Å²) in [6.07, 6.45) is -0.454. The van der Waals surface area contributed by atoms with E-state index in [2.05, 4.69) is 45.2 Å². The van der Waals surface area contributed by atoms with Gasteiger partial charge in [-0.25, -0.2) is 4.79 Å². The first-order valence-electron chi connectivity index (χ1n) is 13.8. The average molecular weight is 1070 g/mol. The molecule has 1 unspecified atom stereocenters. The fourth-order valence-electron chi connectivity index (χ4n) is 4.90. The zero-order valence-corrected chi connectivity index (χ0v) is 33.7. The molecule has 2 aromatic carbocycles. The van der Waals surface area contributed by atoms with E-state index >= 15 is 0 Å². The highest BCUT2D eigenvalue weighted by Crippen LogP contribution is 2.46. The minimum absolute atomic E-state index is 0.00902. The van der Waals surface area contributed by atoms with Gasteiger partial charge in [0.2, 0.25) is 5.43 Å². The molecular formula is C30H30I4O9Si. The first-order valence-corrected chi connectivity index (χ1v) is 20.0. The van der Waals surface area contributed by atoms with Crippen LogP contribution in [0.4, 0.5) is 0 Å². The Labute approximate surface area is 310 Å². The van der Waals surface area contributed by atoms with Crippen LogP contribution in [0.2, 0.25) is 6.04 Å². The average Bonchev–Trinajstić information content (AvgIpc) is 2.98. The Bertz CT molecular complexity index is 1680. The fourth-order valence-corrected chi connectivity index (χ4v) is 11.5. The summed E-state index contributed by atoms with van der Waals surface area (Å²) in [7, 11) is -2.92. The Balaban J connectivity index is 1.79. The van der Waals surface area contributed by atoms with Gasteiger partial charge in [-0.05, 0) is 141 Å². The number of aromatic carboxylic acids is 1. The van der Waals surface area contributed by atoms with Crippen molar-refractivity contribution in [2.24, 2.45) is 0 Å². The second-order valence-corrected chi connectivity index (χ2v) is 16.8. The van der Waals surface area contributed by atoms with Crippen LogP contribution < -0.4 is 10.2 Å². The molecule has 9 nitrogen and oxygen atoms in total. The number of hydrogen-bond donors (Lipinski definition) is 2. The van der Waals surface area contributed by atoms with E-state index in [0.717, 1.165) is 3.57 Å². The summed E-state index contributed by atoms with van der Waals surface area (Å²) < 4.78 is 32.6. The highest BCUT2D eigenvalue weighted by molar-refractivity contribution is 14.1. The Morgan fingerprint density at radius 1 is 0.932 bits per heavy atom. The molecule has 0 aromatic heterocycles. The van der Waals surface area contributed by atoms with Gasteiger partial charge < -0.3 is 32.6 Å². The molecule has 0 fully saturated rings. The van der Waals surface area contributed by atoms with Gasteiger partial charge in [0, 0.05) is 42.4 Å². The van der Waals surface area contributed by atoms with Crippen molar-refractivity contribution in [1.29, 1.82) is 0 Å². The van der Waals surface area contributed by atoms with E-state index in [1.807, 2.05) is 72.0 Å². The predicted molar refractivity (Wildman–Crippen MR) is 204 cm³/mol. The van der Waals surface area contributed by atoms with Crippen molar-refractivity contribution >= 4 is 116 Å². The van der Waals surface area contributed by atoms with Gasteiger partial charge in [-0.1, -0.05) is 18.2 Å². The lowest BCUT2D eigenvalue weighted by Crippen LogP contribution is -2.46. The van der Waals surface area contributed by atoms with Crippen molar-refractivity contribution in [2.45, 2.75) is 39.3 Å². The summed E-state index contributed by atoms with van der Waals surface area (Å²) in [5.74, 6) is -0.173. The number of hydrogen-bond acceptors (Lipinski definition) is 8. The third-order valence-corrected chi connectivity index (χ3v) is 13.4. The van der Waals surface area contributed by atoms with E-state index in [-0.39, 0.29) is 17.6 Å². The van der Waals surface area contributed by atoms with E-state index < -0.39 is 20.9 Å². The Morgan fingerprint density at radius 3 is 2.18 bits per heavy atom. The lowest BCUT2D eigenvalue weighted by Gasteiger charge is -2.29. The lowest BCUT2D eigenvalue weighted by atomic mass is 9.91. The summed E-state index contributed by atoms with van der Waals surface area (Å²) in [6.45, 7) is 7.04. The summed E-state index contributed by atoms with van der Waals surface area (Å²) in [5.41, 5.74) is 2.23. The number of carbonyl (C=O) groups is 1. The second kappa shape index (κ2) is 16.0. The zero-order chi connectivity index (χ0) is 32.2. The van der Waals surface area contributed by atoms with Gasteiger partial charge in [-0.2, -0.15) is 0 Å². The molecule has 0 amide bonds. The maximum atomic E-state index is 12.9. The quantitative estimate of drug-likeness (QED) is 0.0739. The topological polar surface area (TPSA) is 125 Å². The van der Waals surface area contributed by atoms with Gasteiger partial charge in [-0.3, -0.25) is 4.79 Å². The molecule has 4 rings (SSSR count). The molecule has 0 radical (unpaired) electrons. The van der Waals surface area contributed by atoms with Crippen LogP contribution >= 0.6 is 90.4 Å². The monoisotopic (exact) mass is 1070 g/mol. The molecule has 2 N–H and O–H groups in total. The smallest absolute Gasteiger partial charge is 0.489 e. The largest absolute Gasteiger partial charge is 0.501 e. The minimum atomic E-state index is -2.92. The van der Waals surface area contributed by atoms with Crippen molar-refractivity contribution in [3.05, 3.63) is 66.5 Å². The minimum Gasteiger partial charge on any atom is -0.489 e. The fraction of sp³-hybridized carbons (Fsp3) is 0.333. The second-order valence-electron chi connectivity index (χ2n) is 9.57. The van der Waals surface area contributed by atoms with E-state index in [1.54, 1.807) is 30.3 Å². The standard InChI is InChI=1S/C30H30I4O9Si/c1-4-40-44(41-5-2,42-6-3)12-11-16(35)15-39-29-22(32)14-20-23(17-9-7-8-10-18(17)30(37)38)19-13-21(31)26(36)24(33)27(19)43-28(20)25(29)34/h7-10,13-14,16,35H,4-6,11-12,15H2,1-3H3,(H,37,38). The van der Waals surface area contributed by atoms with Crippen LogP contribution in [0.3, 0.4) is 0 Å². The Hall–Kier alpha value is -0.623.